The van der Waals surface area contributed by atoms with Crippen molar-refractivity contribution in [3.05, 3.63) is 82.4 Å². The predicted octanol–water partition coefficient (Wildman–Crippen LogP) is 2.39. The minimum Gasteiger partial charge on any atom is -0.467 e. The molecule has 2 aliphatic carbocycles. The van der Waals surface area contributed by atoms with Gasteiger partial charge in [-0.2, -0.15) is 0 Å². The van der Waals surface area contributed by atoms with Gasteiger partial charge in [-0.1, -0.05) is 66.6 Å². The first-order chi connectivity index (χ1) is 16.0. The summed E-state index contributed by atoms with van der Waals surface area (Å²) in [5, 5.41) is 0. The smallest absolute Gasteiger partial charge is 0.341 e. The summed E-state index contributed by atoms with van der Waals surface area (Å²) in [6, 6.07) is 16.8. The van der Waals surface area contributed by atoms with E-state index in [1.807, 2.05) is 60.7 Å². The van der Waals surface area contributed by atoms with Gasteiger partial charge in [-0.25, -0.2) is 9.59 Å². The number of ether oxygens (including phenoxy) is 2. The fourth-order valence-corrected chi connectivity index (χ4v) is 5.91. The predicted molar refractivity (Wildman–Crippen MR) is 122 cm³/mol. The van der Waals surface area contributed by atoms with Crippen molar-refractivity contribution in [2.45, 2.75) is 11.0 Å². The number of hydrogen-bond acceptors (Lipinski definition) is 6. The standard InChI is InChI=1S/C27H21NO5/c1-4-14-28-16-19-15-17-10-8-9-13-20(17)22-21(24(30)32-2)23(29)27(28,25(31)33-3)26(19,22)18-11-6-5-7-12-18/h1,5-13,15H,14,16H2,2-3H3/t26-,27-/m1/s1. The molecule has 1 saturated heterocycles. The number of carbonyl (C=O) groups excluding carboxylic acids is 3. The molecule has 6 nitrogen and oxygen atoms in total. The third-order valence-electron chi connectivity index (χ3n) is 6.96. The fourth-order valence-electron chi connectivity index (χ4n) is 5.91. The number of terminal acetylenes is 1. The molecule has 0 aromatic heterocycles. The lowest BCUT2D eigenvalue weighted by Gasteiger charge is -2.44. The lowest BCUT2D eigenvalue weighted by atomic mass is 9.58. The topological polar surface area (TPSA) is 72.9 Å². The summed E-state index contributed by atoms with van der Waals surface area (Å²) in [6.45, 7) is 0.289. The molecule has 0 N–H and O–H groups in total. The molecule has 6 heteroatoms. The van der Waals surface area contributed by atoms with Crippen molar-refractivity contribution in [3.8, 4) is 12.3 Å². The molecule has 2 atom stereocenters. The number of Topliss-reactive ketones (excluding diaryl/α,β-unsaturated/α-hetero) is 1. The van der Waals surface area contributed by atoms with Crippen LogP contribution in [0.25, 0.3) is 11.6 Å². The highest BCUT2D eigenvalue weighted by atomic mass is 16.5. The minimum absolute atomic E-state index is 0.0187. The maximum atomic E-state index is 14.3. The molecular formula is C27H21NO5. The Morgan fingerprint density at radius 2 is 1.76 bits per heavy atom. The average molecular weight is 439 g/mol. The number of rotatable bonds is 4. The van der Waals surface area contributed by atoms with E-state index >= 15 is 0 Å². The number of nitrogens with zero attached hydrogens (tertiary/aromatic N) is 1. The van der Waals surface area contributed by atoms with E-state index in [1.54, 1.807) is 4.90 Å². The van der Waals surface area contributed by atoms with Crippen molar-refractivity contribution in [3.63, 3.8) is 0 Å². The van der Waals surface area contributed by atoms with E-state index in [4.69, 9.17) is 15.9 Å². The monoisotopic (exact) mass is 439 g/mol. The number of hydrogen-bond donors (Lipinski definition) is 0. The van der Waals surface area contributed by atoms with Crippen LogP contribution < -0.4 is 0 Å². The Balaban J connectivity index is 2.03. The van der Waals surface area contributed by atoms with Gasteiger partial charge in [0.2, 0.25) is 11.3 Å². The van der Waals surface area contributed by atoms with Crippen LogP contribution in [0.1, 0.15) is 16.7 Å². The first-order valence-electron chi connectivity index (χ1n) is 10.5. The van der Waals surface area contributed by atoms with Gasteiger partial charge in [-0.3, -0.25) is 9.69 Å². The molecule has 33 heavy (non-hydrogen) atoms. The van der Waals surface area contributed by atoms with Crippen molar-refractivity contribution >= 4 is 29.4 Å². The van der Waals surface area contributed by atoms with Crippen LogP contribution >= 0.6 is 0 Å². The van der Waals surface area contributed by atoms with Gasteiger partial charge in [0.1, 0.15) is 5.57 Å². The molecule has 1 heterocycles. The summed E-state index contributed by atoms with van der Waals surface area (Å²) >= 11 is 0. The lowest BCUT2D eigenvalue weighted by molar-refractivity contribution is -0.159. The van der Waals surface area contributed by atoms with Crippen molar-refractivity contribution in [1.29, 1.82) is 0 Å². The number of benzene rings is 2. The SMILES string of the molecule is C#CCN1CC2=Cc3ccccc3C3=C(C(=O)OC)C(=O)[C@@]1(C(=O)OC)[C@]23c1ccccc1. The van der Waals surface area contributed by atoms with E-state index in [1.165, 1.54) is 14.2 Å². The highest BCUT2D eigenvalue weighted by Crippen LogP contribution is 2.66. The summed E-state index contributed by atoms with van der Waals surface area (Å²) < 4.78 is 10.3. The summed E-state index contributed by atoms with van der Waals surface area (Å²) in [4.78, 5) is 42.8. The number of methoxy groups -OCH3 is 2. The van der Waals surface area contributed by atoms with Crippen LogP contribution in [0.4, 0.5) is 0 Å². The highest BCUT2D eigenvalue weighted by Gasteiger charge is 2.78. The van der Waals surface area contributed by atoms with Gasteiger partial charge >= 0.3 is 11.9 Å². The first kappa shape index (κ1) is 20.9. The number of carbonyl (C=O) groups is 3. The highest BCUT2D eigenvalue weighted by molar-refractivity contribution is 6.38. The maximum absolute atomic E-state index is 14.3. The summed E-state index contributed by atoms with van der Waals surface area (Å²) in [5.41, 5.74) is 0.225. The van der Waals surface area contributed by atoms with Gasteiger partial charge in [-0.15, -0.1) is 6.42 Å². The Morgan fingerprint density at radius 1 is 1.06 bits per heavy atom. The molecule has 3 aliphatic rings. The van der Waals surface area contributed by atoms with Gasteiger partial charge in [-0.05, 0) is 27.8 Å². The molecule has 1 aliphatic heterocycles. The molecule has 2 aromatic carbocycles. The minimum atomic E-state index is -1.87. The zero-order valence-electron chi connectivity index (χ0n) is 18.3. The second-order valence-electron chi connectivity index (χ2n) is 8.21. The van der Waals surface area contributed by atoms with Crippen LogP contribution in [0, 0.1) is 12.3 Å². The third-order valence-corrected chi connectivity index (χ3v) is 6.96. The number of esters is 2. The van der Waals surface area contributed by atoms with E-state index in [9.17, 15) is 14.4 Å². The van der Waals surface area contributed by atoms with Crippen LogP contribution in [0.15, 0.2) is 65.7 Å². The van der Waals surface area contributed by atoms with Crippen molar-refractivity contribution in [1.82, 2.24) is 4.90 Å². The zero-order chi connectivity index (χ0) is 23.4. The van der Waals surface area contributed by atoms with E-state index < -0.39 is 28.7 Å². The van der Waals surface area contributed by atoms with Crippen LogP contribution in [-0.2, 0) is 29.3 Å². The summed E-state index contributed by atoms with van der Waals surface area (Å²) in [7, 11) is 2.47. The van der Waals surface area contributed by atoms with Crippen LogP contribution in [0.5, 0.6) is 0 Å². The van der Waals surface area contributed by atoms with Gasteiger partial charge in [0.15, 0.2) is 0 Å². The van der Waals surface area contributed by atoms with Gasteiger partial charge in [0.25, 0.3) is 0 Å². The number of fused-ring (bicyclic) bond motifs is 2. The number of ketones is 1. The van der Waals surface area contributed by atoms with E-state index in [-0.39, 0.29) is 18.7 Å². The van der Waals surface area contributed by atoms with Gasteiger partial charge < -0.3 is 9.47 Å². The largest absolute Gasteiger partial charge is 0.467 e. The van der Waals surface area contributed by atoms with Crippen molar-refractivity contribution in [2.75, 3.05) is 27.3 Å². The Bertz CT molecular complexity index is 1320. The third kappa shape index (κ3) is 2.30. The van der Waals surface area contributed by atoms with Crippen LogP contribution in [-0.4, -0.2) is 55.5 Å². The molecule has 0 radical (unpaired) electrons. The number of likely N-dealkylation sites (tertiary alicyclic amines) is 1. The second-order valence-corrected chi connectivity index (χ2v) is 8.21. The first-order valence-corrected chi connectivity index (χ1v) is 10.5. The Hall–Kier alpha value is -3.95. The molecule has 0 saturated carbocycles. The van der Waals surface area contributed by atoms with E-state index in [0.29, 0.717) is 16.7 Å². The average Bonchev–Trinajstić information content (AvgIpc) is 3.28. The molecule has 164 valence electrons. The van der Waals surface area contributed by atoms with Gasteiger partial charge in [0.05, 0.1) is 26.2 Å². The van der Waals surface area contributed by atoms with Crippen molar-refractivity contribution in [2.24, 2.45) is 0 Å². The Kier molecular flexibility index (Phi) is 4.62. The Morgan fingerprint density at radius 3 is 2.42 bits per heavy atom. The molecule has 0 unspecified atom stereocenters. The molecular weight excluding hydrogens is 418 g/mol. The summed E-state index contributed by atoms with van der Waals surface area (Å²) in [6.07, 6.45) is 7.67. The van der Waals surface area contributed by atoms with Gasteiger partial charge in [0, 0.05) is 6.54 Å². The Labute approximate surface area is 191 Å². The van der Waals surface area contributed by atoms with E-state index in [2.05, 4.69) is 5.92 Å². The second kappa shape index (κ2) is 7.29. The molecule has 0 bridgehead atoms. The maximum Gasteiger partial charge on any atom is 0.341 e. The molecule has 2 aromatic rings. The zero-order valence-corrected chi connectivity index (χ0v) is 18.3. The van der Waals surface area contributed by atoms with Crippen LogP contribution in [0.2, 0.25) is 0 Å². The molecule has 0 spiro atoms. The molecule has 0 amide bonds. The molecule has 5 rings (SSSR count). The summed E-state index contributed by atoms with van der Waals surface area (Å²) in [5.74, 6) is 0.371. The fraction of sp³-hybridized carbons (Fsp3) is 0.222. The molecule has 1 fully saturated rings. The quantitative estimate of drug-likeness (QED) is 0.315. The van der Waals surface area contributed by atoms with Crippen LogP contribution in [0.3, 0.4) is 0 Å². The lowest BCUT2D eigenvalue weighted by Crippen LogP contribution is -2.65. The van der Waals surface area contributed by atoms with Crippen molar-refractivity contribution < 1.29 is 23.9 Å². The van der Waals surface area contributed by atoms with E-state index in [0.717, 1.165) is 11.1 Å². The normalized spacial score (nSPS) is 25.1.